The number of fused-ring (bicyclic) bond motifs is 7. The van der Waals surface area contributed by atoms with Crippen LogP contribution in [0.1, 0.15) is 22.3 Å². The molecule has 1 aliphatic rings. The van der Waals surface area contributed by atoms with Gasteiger partial charge in [0.05, 0.1) is 0 Å². The average molecular weight is 300 g/mol. The molecule has 1 heterocycles. The summed E-state index contributed by atoms with van der Waals surface area (Å²) in [6, 6.07) is 18.4. The Balaban J connectivity index is 1.93. The van der Waals surface area contributed by atoms with Crippen molar-refractivity contribution in [2.75, 3.05) is 0 Å². The summed E-state index contributed by atoms with van der Waals surface area (Å²) >= 11 is 1.94. The van der Waals surface area contributed by atoms with E-state index in [0.29, 0.717) is 0 Å². The van der Waals surface area contributed by atoms with Gasteiger partial charge in [-0.2, -0.15) is 0 Å². The number of thiophene rings is 1. The molecule has 22 heavy (non-hydrogen) atoms. The third kappa shape index (κ3) is 1.57. The van der Waals surface area contributed by atoms with Crippen LogP contribution in [0.15, 0.2) is 48.5 Å². The first kappa shape index (κ1) is 12.4. The Morgan fingerprint density at radius 1 is 0.773 bits per heavy atom. The number of hydrogen-bond acceptors (Lipinski definition) is 1. The number of hydrogen-bond donors (Lipinski definition) is 0. The molecular formula is C21H16S. The van der Waals surface area contributed by atoms with E-state index < -0.39 is 0 Å². The van der Waals surface area contributed by atoms with Crippen LogP contribution >= 0.6 is 11.3 Å². The zero-order valence-electron chi connectivity index (χ0n) is 12.7. The summed E-state index contributed by atoms with van der Waals surface area (Å²) in [7, 11) is 0. The summed E-state index contributed by atoms with van der Waals surface area (Å²) < 4.78 is 2.86. The Morgan fingerprint density at radius 3 is 2.50 bits per heavy atom. The SMILES string of the molecule is Cc1ccc2c(c1)Cc1ccc3c(sc4ccc(C)cc43)c1-2. The van der Waals surface area contributed by atoms with Crippen LogP contribution in [-0.2, 0) is 6.42 Å². The molecule has 0 unspecified atom stereocenters. The zero-order valence-corrected chi connectivity index (χ0v) is 13.6. The van der Waals surface area contributed by atoms with Crippen LogP contribution in [0.25, 0.3) is 31.3 Å². The number of rotatable bonds is 0. The van der Waals surface area contributed by atoms with Crippen molar-refractivity contribution in [3.8, 4) is 11.1 Å². The Labute approximate surface area is 134 Å². The van der Waals surface area contributed by atoms with Crippen molar-refractivity contribution in [2.24, 2.45) is 0 Å². The van der Waals surface area contributed by atoms with E-state index in [-0.39, 0.29) is 0 Å². The van der Waals surface area contributed by atoms with Crippen LogP contribution in [0.3, 0.4) is 0 Å². The fourth-order valence-electron chi connectivity index (χ4n) is 3.76. The molecule has 3 aromatic carbocycles. The topological polar surface area (TPSA) is 0 Å². The first-order valence-electron chi connectivity index (χ1n) is 7.75. The highest BCUT2D eigenvalue weighted by molar-refractivity contribution is 7.26. The normalized spacial score (nSPS) is 12.8. The molecule has 5 rings (SSSR count). The quantitative estimate of drug-likeness (QED) is 0.317. The second-order valence-electron chi connectivity index (χ2n) is 6.42. The van der Waals surface area contributed by atoms with Crippen LogP contribution in [0.2, 0.25) is 0 Å². The van der Waals surface area contributed by atoms with E-state index in [2.05, 4.69) is 62.4 Å². The molecule has 0 radical (unpaired) electrons. The van der Waals surface area contributed by atoms with Crippen molar-refractivity contribution in [3.05, 3.63) is 70.8 Å². The van der Waals surface area contributed by atoms with Crippen molar-refractivity contribution in [1.82, 2.24) is 0 Å². The van der Waals surface area contributed by atoms with Gasteiger partial charge in [-0.05, 0) is 49.1 Å². The van der Waals surface area contributed by atoms with Crippen molar-refractivity contribution >= 4 is 31.5 Å². The summed E-state index contributed by atoms with van der Waals surface area (Å²) in [6.45, 7) is 4.36. The average Bonchev–Trinajstić information content (AvgIpc) is 3.03. The minimum atomic E-state index is 1.08. The van der Waals surface area contributed by atoms with E-state index in [1.807, 2.05) is 11.3 Å². The van der Waals surface area contributed by atoms with Crippen molar-refractivity contribution < 1.29 is 0 Å². The van der Waals surface area contributed by atoms with Gasteiger partial charge in [-0.25, -0.2) is 0 Å². The summed E-state index contributed by atoms with van der Waals surface area (Å²) in [5.41, 5.74) is 8.58. The van der Waals surface area contributed by atoms with Crippen molar-refractivity contribution in [2.45, 2.75) is 20.3 Å². The van der Waals surface area contributed by atoms with Gasteiger partial charge in [-0.15, -0.1) is 11.3 Å². The van der Waals surface area contributed by atoms with Crippen LogP contribution < -0.4 is 0 Å². The lowest BCUT2D eigenvalue weighted by molar-refractivity contribution is 1.25. The predicted octanol–water partition coefficient (Wildman–Crippen LogP) is 6.24. The van der Waals surface area contributed by atoms with Gasteiger partial charge in [0.1, 0.15) is 0 Å². The molecule has 0 atom stereocenters. The van der Waals surface area contributed by atoms with E-state index in [9.17, 15) is 0 Å². The lowest BCUT2D eigenvalue weighted by Gasteiger charge is -2.03. The zero-order chi connectivity index (χ0) is 14.8. The van der Waals surface area contributed by atoms with Gasteiger partial charge in [0.2, 0.25) is 0 Å². The molecule has 0 amide bonds. The van der Waals surface area contributed by atoms with Crippen molar-refractivity contribution in [3.63, 3.8) is 0 Å². The van der Waals surface area contributed by atoms with Crippen LogP contribution in [0.4, 0.5) is 0 Å². The maximum absolute atomic E-state index is 2.35. The first-order chi connectivity index (χ1) is 10.7. The van der Waals surface area contributed by atoms with E-state index in [1.54, 1.807) is 0 Å². The second-order valence-corrected chi connectivity index (χ2v) is 7.47. The molecule has 0 nitrogen and oxygen atoms in total. The third-order valence-electron chi connectivity index (χ3n) is 4.79. The number of benzene rings is 3. The first-order valence-corrected chi connectivity index (χ1v) is 8.57. The number of aryl methyl sites for hydroxylation is 2. The van der Waals surface area contributed by atoms with Gasteiger partial charge in [0, 0.05) is 25.7 Å². The lowest BCUT2D eigenvalue weighted by atomic mass is 10.0. The third-order valence-corrected chi connectivity index (χ3v) is 6.00. The van der Waals surface area contributed by atoms with Gasteiger partial charge in [0.15, 0.2) is 0 Å². The van der Waals surface area contributed by atoms with E-state index in [1.165, 1.54) is 53.6 Å². The summed E-state index contributed by atoms with van der Waals surface area (Å²) in [6.07, 6.45) is 1.08. The van der Waals surface area contributed by atoms with E-state index in [0.717, 1.165) is 6.42 Å². The Morgan fingerprint density at radius 2 is 1.59 bits per heavy atom. The predicted molar refractivity (Wildman–Crippen MR) is 97.0 cm³/mol. The largest absolute Gasteiger partial charge is 0.135 e. The monoisotopic (exact) mass is 300 g/mol. The Hall–Kier alpha value is -2.12. The summed E-state index contributed by atoms with van der Waals surface area (Å²) in [5, 5.41) is 2.82. The van der Waals surface area contributed by atoms with Crippen LogP contribution in [0.5, 0.6) is 0 Å². The van der Waals surface area contributed by atoms with Gasteiger partial charge in [-0.1, -0.05) is 47.5 Å². The molecule has 0 bridgehead atoms. The van der Waals surface area contributed by atoms with Crippen molar-refractivity contribution in [1.29, 1.82) is 0 Å². The molecule has 0 aliphatic heterocycles. The standard InChI is InChI=1S/C21H16S/c1-12-3-6-16-15(9-12)11-14-5-7-17-18-10-13(2)4-8-19(18)22-21(17)20(14)16/h3-10H,11H2,1-2H3. The molecule has 4 aromatic rings. The summed E-state index contributed by atoms with van der Waals surface area (Å²) in [4.78, 5) is 0. The molecule has 1 heteroatoms. The molecule has 1 aromatic heterocycles. The fourth-order valence-corrected chi connectivity index (χ4v) is 5.02. The van der Waals surface area contributed by atoms with Crippen LogP contribution in [0, 0.1) is 13.8 Å². The minimum Gasteiger partial charge on any atom is -0.135 e. The molecule has 0 saturated carbocycles. The minimum absolute atomic E-state index is 1.08. The smallest absolute Gasteiger partial charge is 0.0436 e. The maximum Gasteiger partial charge on any atom is 0.0436 e. The molecule has 0 N–H and O–H groups in total. The molecule has 1 aliphatic carbocycles. The highest BCUT2D eigenvalue weighted by atomic mass is 32.1. The van der Waals surface area contributed by atoms with Gasteiger partial charge in [0.25, 0.3) is 0 Å². The molecule has 0 fully saturated rings. The van der Waals surface area contributed by atoms with Gasteiger partial charge in [-0.3, -0.25) is 0 Å². The highest BCUT2D eigenvalue weighted by Gasteiger charge is 2.22. The molecular weight excluding hydrogens is 284 g/mol. The fraction of sp³-hybridized carbons (Fsp3) is 0.143. The Kier molecular flexibility index (Phi) is 2.38. The van der Waals surface area contributed by atoms with E-state index >= 15 is 0 Å². The molecule has 0 saturated heterocycles. The van der Waals surface area contributed by atoms with E-state index in [4.69, 9.17) is 0 Å². The van der Waals surface area contributed by atoms with Gasteiger partial charge < -0.3 is 0 Å². The van der Waals surface area contributed by atoms with Gasteiger partial charge >= 0.3 is 0 Å². The second kappa shape index (κ2) is 4.21. The lowest BCUT2D eigenvalue weighted by Crippen LogP contribution is -1.80. The maximum atomic E-state index is 2.35. The molecule has 106 valence electrons. The highest BCUT2D eigenvalue weighted by Crippen LogP contribution is 2.46. The summed E-state index contributed by atoms with van der Waals surface area (Å²) in [5.74, 6) is 0. The molecule has 0 spiro atoms. The Bertz CT molecular complexity index is 1070. The van der Waals surface area contributed by atoms with Crippen LogP contribution in [-0.4, -0.2) is 0 Å².